The van der Waals surface area contributed by atoms with Crippen LogP contribution in [0.1, 0.15) is 127 Å². The zero-order valence-electron chi connectivity index (χ0n) is 38.9. The highest BCUT2D eigenvalue weighted by molar-refractivity contribution is 5.81. The molecule has 4 rings (SSSR count). The largest absolute Gasteiger partial charge is 0.459 e. The van der Waals surface area contributed by atoms with Gasteiger partial charge in [0.2, 0.25) is 0 Å². The topological polar surface area (TPSA) is 195 Å². The molecule has 6 atom stereocenters. The lowest BCUT2D eigenvalue weighted by molar-refractivity contribution is -0.226. The van der Waals surface area contributed by atoms with Crippen molar-refractivity contribution in [1.82, 2.24) is 24.3 Å². The Morgan fingerprint density at radius 3 is 1.34 bits per heavy atom. The summed E-state index contributed by atoms with van der Waals surface area (Å²) in [5.74, 6) is -1.18. The van der Waals surface area contributed by atoms with E-state index in [1.165, 1.54) is 13.7 Å². The molecule has 0 radical (unpaired) electrons. The van der Waals surface area contributed by atoms with Crippen molar-refractivity contribution in [3.05, 3.63) is 69.9 Å². The van der Waals surface area contributed by atoms with E-state index in [0.29, 0.717) is 44.4 Å². The Bertz CT molecular complexity index is 2010. The smallest absolute Gasteiger partial charge is 0.450 e. The van der Waals surface area contributed by atoms with Gasteiger partial charge in [-0.3, -0.25) is 0 Å². The molecule has 2 N–H and O–H groups in total. The molecule has 0 aliphatic heterocycles. The second-order valence-corrected chi connectivity index (χ2v) is 21.6. The van der Waals surface area contributed by atoms with E-state index >= 15 is 0 Å². The molecule has 0 saturated heterocycles. The first-order chi connectivity index (χ1) is 28.6. The number of carbonyl (C=O) groups excluding carboxylic acids is 4. The summed E-state index contributed by atoms with van der Waals surface area (Å²) in [6.45, 7) is 33.4. The SMILES string of the molecule is C=C.C=CC(=O)OCCOC(=O)NC1CC(C)(C)CC(C)(Cn2c(=O)n(CC3(C)CC(C)CC(C)(C)C3)c(=O)n(CC3(C)CC(NC(=O)OOC(=O)C=C)CC(C)(C)C3)c2=O)C1. The predicted molar refractivity (Wildman–Crippen MR) is 236 cm³/mol. The van der Waals surface area contributed by atoms with E-state index in [-0.39, 0.29) is 55.1 Å². The maximum Gasteiger partial charge on any atom is 0.450 e. The number of nitrogens with one attached hydrogen (secondary N) is 2. The molecule has 3 fully saturated rings. The van der Waals surface area contributed by atoms with Crippen LogP contribution in [0.4, 0.5) is 9.59 Å². The first-order valence-corrected chi connectivity index (χ1v) is 21.6. The van der Waals surface area contributed by atoms with E-state index in [1.807, 2.05) is 27.7 Å². The summed E-state index contributed by atoms with van der Waals surface area (Å²) in [7, 11) is 0. The van der Waals surface area contributed by atoms with Gasteiger partial charge in [0, 0.05) is 43.9 Å². The number of amides is 2. The highest BCUT2D eigenvalue weighted by Crippen LogP contribution is 2.50. The lowest BCUT2D eigenvalue weighted by Crippen LogP contribution is -2.60. The second-order valence-electron chi connectivity index (χ2n) is 21.6. The van der Waals surface area contributed by atoms with Crippen molar-refractivity contribution in [2.75, 3.05) is 13.2 Å². The first-order valence-electron chi connectivity index (χ1n) is 21.6. The van der Waals surface area contributed by atoms with E-state index in [2.05, 4.69) is 88.3 Å². The Morgan fingerprint density at radius 1 is 0.565 bits per heavy atom. The minimum atomic E-state index is -0.958. The van der Waals surface area contributed by atoms with Gasteiger partial charge in [-0.25, -0.2) is 57.0 Å². The predicted octanol–water partition coefficient (Wildman–Crippen LogP) is 6.82. The fourth-order valence-electron chi connectivity index (χ4n) is 12.1. The first kappa shape index (κ1) is 51.5. The zero-order chi connectivity index (χ0) is 47.1. The maximum absolute atomic E-state index is 14.8. The Kier molecular flexibility index (Phi) is 16.7. The van der Waals surface area contributed by atoms with Crippen LogP contribution in [0.25, 0.3) is 0 Å². The van der Waals surface area contributed by atoms with Gasteiger partial charge >= 0.3 is 41.2 Å². The number of hydrogen-bond donors (Lipinski definition) is 2. The van der Waals surface area contributed by atoms with Gasteiger partial charge in [0.1, 0.15) is 13.2 Å². The van der Waals surface area contributed by atoms with E-state index in [9.17, 15) is 33.6 Å². The molecule has 1 heterocycles. The summed E-state index contributed by atoms with van der Waals surface area (Å²) in [5.41, 5.74) is -4.50. The summed E-state index contributed by atoms with van der Waals surface area (Å²) in [6, 6.07) is -0.820. The second kappa shape index (κ2) is 20.1. The van der Waals surface area contributed by atoms with Gasteiger partial charge in [0.05, 0.1) is 0 Å². The number of hydrogen-bond acceptors (Lipinski definition) is 11. The summed E-state index contributed by atoms with van der Waals surface area (Å²) >= 11 is 0. The Balaban J connectivity index is 0.00000504. The van der Waals surface area contributed by atoms with Crippen molar-refractivity contribution in [3.63, 3.8) is 0 Å². The Labute approximate surface area is 366 Å². The number of carbonyl (C=O) groups is 4. The molecule has 1 aromatic rings. The number of ether oxygens (including phenoxy) is 2. The van der Waals surface area contributed by atoms with Gasteiger partial charge in [0.25, 0.3) is 0 Å². The lowest BCUT2D eigenvalue weighted by Gasteiger charge is -2.47. The Morgan fingerprint density at radius 2 is 0.935 bits per heavy atom. The minimum Gasteiger partial charge on any atom is -0.459 e. The monoisotopic (exact) mass is 872 g/mol. The van der Waals surface area contributed by atoms with Crippen LogP contribution in [-0.4, -0.2) is 63.1 Å². The van der Waals surface area contributed by atoms with Crippen LogP contribution in [0, 0.1) is 38.4 Å². The molecule has 0 bridgehead atoms. The standard InChI is InChI=1S/C44H69N5O11.C2H4/c1-13-32(50)57-15-16-58-34(52)45-30-19-40(6,7)24-43(11,21-30)27-48-36(54)47(26-42(10)18-29(3)17-39(4,5)23-42)37(55)49(38(48)56)28-44(12)22-31(20-41(8,9)25-44)46-35(53)60-59-33(51)14-2;1-2/h13-14,29-31H,1-2,15-28H2,3-12H3,(H,45,52)(H,46,53);1-2H2. The van der Waals surface area contributed by atoms with Crippen LogP contribution in [0.2, 0.25) is 0 Å². The molecular formula is C46H73N5O11. The summed E-state index contributed by atoms with van der Waals surface area (Å²) in [5, 5.41) is 5.71. The molecule has 62 heavy (non-hydrogen) atoms. The molecule has 16 nitrogen and oxygen atoms in total. The van der Waals surface area contributed by atoms with Crippen LogP contribution in [-0.2, 0) is 48.5 Å². The van der Waals surface area contributed by atoms with Crippen molar-refractivity contribution in [1.29, 1.82) is 0 Å². The Hall–Kier alpha value is -4.89. The van der Waals surface area contributed by atoms with Crippen molar-refractivity contribution >= 4 is 24.1 Å². The van der Waals surface area contributed by atoms with Crippen molar-refractivity contribution < 1.29 is 38.4 Å². The molecule has 3 saturated carbocycles. The molecule has 0 spiro atoms. The van der Waals surface area contributed by atoms with Gasteiger partial charge in [-0.1, -0.05) is 82.4 Å². The fourth-order valence-corrected chi connectivity index (χ4v) is 12.1. The summed E-state index contributed by atoms with van der Waals surface area (Å²) in [6.07, 6.45) is 6.04. The number of rotatable bonds is 13. The van der Waals surface area contributed by atoms with Gasteiger partial charge < -0.3 is 20.1 Å². The van der Waals surface area contributed by atoms with Gasteiger partial charge in [-0.15, -0.1) is 13.2 Å². The average Bonchev–Trinajstić information content (AvgIpc) is 3.12. The van der Waals surface area contributed by atoms with E-state index < -0.39 is 63.5 Å². The molecule has 3 aliphatic carbocycles. The van der Waals surface area contributed by atoms with Crippen molar-refractivity contribution in [2.45, 2.75) is 159 Å². The minimum absolute atomic E-state index is 0.000618. The summed E-state index contributed by atoms with van der Waals surface area (Å²) < 4.78 is 13.8. The zero-order valence-corrected chi connectivity index (χ0v) is 38.9. The number of aromatic nitrogens is 3. The normalized spacial score (nSPS) is 28.4. The van der Waals surface area contributed by atoms with Crippen molar-refractivity contribution in [3.8, 4) is 0 Å². The highest BCUT2D eigenvalue weighted by Gasteiger charge is 2.46. The van der Waals surface area contributed by atoms with Crippen LogP contribution in [0.15, 0.2) is 52.9 Å². The third-order valence-corrected chi connectivity index (χ3v) is 12.3. The fraction of sp³-hybridized carbons (Fsp3) is 0.717. The van der Waals surface area contributed by atoms with Gasteiger partial charge in [-0.2, -0.15) is 0 Å². The number of esters is 1. The van der Waals surface area contributed by atoms with E-state index in [0.717, 1.165) is 31.4 Å². The number of nitrogens with zero attached hydrogens (tertiary/aromatic N) is 3. The molecule has 16 heteroatoms. The lowest BCUT2D eigenvalue weighted by atomic mass is 9.61. The van der Waals surface area contributed by atoms with Crippen LogP contribution >= 0.6 is 0 Å². The molecule has 3 aliphatic rings. The third kappa shape index (κ3) is 14.3. The maximum atomic E-state index is 14.8. The van der Waals surface area contributed by atoms with E-state index in [4.69, 9.17) is 9.47 Å². The quantitative estimate of drug-likeness (QED) is 0.0527. The van der Waals surface area contributed by atoms with Crippen LogP contribution < -0.4 is 27.7 Å². The molecule has 0 aromatic carbocycles. The van der Waals surface area contributed by atoms with Crippen LogP contribution in [0.3, 0.4) is 0 Å². The van der Waals surface area contributed by atoms with Gasteiger partial charge in [-0.05, 0) is 96.2 Å². The van der Waals surface area contributed by atoms with Crippen molar-refractivity contribution in [2.24, 2.45) is 38.4 Å². The third-order valence-electron chi connectivity index (χ3n) is 12.3. The summed E-state index contributed by atoms with van der Waals surface area (Å²) in [4.78, 5) is 102. The highest BCUT2D eigenvalue weighted by atomic mass is 17.2. The van der Waals surface area contributed by atoms with Gasteiger partial charge in [0.15, 0.2) is 0 Å². The molecular weight excluding hydrogens is 799 g/mol. The van der Waals surface area contributed by atoms with E-state index in [1.54, 1.807) is 0 Å². The molecule has 2 amide bonds. The number of alkyl carbamates (subject to hydrolysis) is 1. The van der Waals surface area contributed by atoms with Crippen LogP contribution in [0.5, 0.6) is 0 Å². The average molecular weight is 872 g/mol. The molecule has 6 unspecified atom stereocenters. The molecule has 348 valence electrons. The molecule has 1 aromatic heterocycles.